The van der Waals surface area contributed by atoms with Crippen LogP contribution in [0.2, 0.25) is 0 Å². The molecule has 0 amide bonds. The molecule has 0 aromatic heterocycles. The van der Waals surface area contributed by atoms with E-state index in [9.17, 15) is 0 Å². The minimum atomic E-state index is 0.738. The summed E-state index contributed by atoms with van der Waals surface area (Å²) in [5, 5.41) is 0. The van der Waals surface area contributed by atoms with Gasteiger partial charge < -0.3 is 14.2 Å². The summed E-state index contributed by atoms with van der Waals surface area (Å²) in [7, 11) is 1.71. The zero-order chi connectivity index (χ0) is 28.3. The molecule has 0 heterocycles. The molecule has 0 N–H and O–H groups in total. The van der Waals surface area contributed by atoms with E-state index in [4.69, 9.17) is 14.2 Å². The largest absolute Gasteiger partial charge is 0.497 e. The highest BCUT2D eigenvalue weighted by Gasteiger charge is 2.10. The van der Waals surface area contributed by atoms with E-state index in [0.717, 1.165) is 54.4 Å². The van der Waals surface area contributed by atoms with Gasteiger partial charge in [0.15, 0.2) is 0 Å². The van der Waals surface area contributed by atoms with Crippen molar-refractivity contribution in [3.05, 3.63) is 66.7 Å². The second kappa shape index (κ2) is 19.2. The van der Waals surface area contributed by atoms with E-state index in [1.54, 1.807) is 7.11 Å². The minimum absolute atomic E-state index is 0.738. The van der Waals surface area contributed by atoms with Gasteiger partial charge in [0.2, 0.25) is 0 Å². The number of rotatable bonds is 21. The van der Waals surface area contributed by atoms with Crippen molar-refractivity contribution in [3.8, 4) is 39.5 Å². The Morgan fingerprint density at radius 2 is 0.900 bits per heavy atom. The maximum atomic E-state index is 6.30. The average molecular weight is 545 g/mol. The van der Waals surface area contributed by atoms with Gasteiger partial charge >= 0.3 is 0 Å². The van der Waals surface area contributed by atoms with Crippen LogP contribution in [0.4, 0.5) is 0 Å². The van der Waals surface area contributed by atoms with E-state index in [-0.39, 0.29) is 0 Å². The molecule has 0 saturated heterocycles. The third-order valence-corrected chi connectivity index (χ3v) is 7.59. The van der Waals surface area contributed by atoms with Crippen LogP contribution in [0.5, 0.6) is 17.2 Å². The molecule has 0 aliphatic rings. The van der Waals surface area contributed by atoms with Crippen molar-refractivity contribution in [2.75, 3.05) is 20.3 Å². The van der Waals surface area contributed by atoms with E-state index in [0.29, 0.717) is 0 Å². The van der Waals surface area contributed by atoms with E-state index in [1.807, 2.05) is 12.1 Å². The third-order valence-electron chi connectivity index (χ3n) is 7.59. The summed E-state index contributed by atoms with van der Waals surface area (Å²) in [6.45, 7) is 6.01. The van der Waals surface area contributed by atoms with E-state index in [2.05, 4.69) is 68.4 Å². The Morgan fingerprint density at radius 3 is 1.50 bits per heavy atom. The first-order chi connectivity index (χ1) is 19.7. The molecule has 3 nitrogen and oxygen atoms in total. The molecule has 0 spiro atoms. The molecule has 3 rings (SSSR count). The number of ether oxygens (including phenoxy) is 3. The molecule has 0 bridgehead atoms. The van der Waals surface area contributed by atoms with E-state index >= 15 is 0 Å². The molecule has 0 saturated carbocycles. The Labute approximate surface area is 244 Å². The van der Waals surface area contributed by atoms with Gasteiger partial charge in [-0.1, -0.05) is 127 Å². The van der Waals surface area contributed by atoms with Crippen LogP contribution in [0.1, 0.15) is 104 Å². The predicted molar refractivity (Wildman–Crippen MR) is 171 cm³/mol. The second-order valence-corrected chi connectivity index (χ2v) is 10.9. The summed E-state index contributed by atoms with van der Waals surface area (Å²) in [6.07, 6.45) is 18.2. The molecule has 0 unspecified atom stereocenters. The Morgan fingerprint density at radius 1 is 0.450 bits per heavy atom. The fraction of sp³-hybridized carbons (Fsp3) is 0.514. The maximum Gasteiger partial charge on any atom is 0.130 e. The Hall–Kier alpha value is -2.94. The standard InChI is InChI=1S/C37H52O3/c1-4-6-8-9-10-11-12-13-14-15-17-29-40-37-30-35(38-3)26-27-36(37)33-20-18-31(19-21-33)32-22-24-34(25-23-32)39-28-16-7-5-2/h18-27,30H,4-17,28-29H2,1-3H3. The number of hydrogen-bond donors (Lipinski definition) is 0. The van der Waals surface area contributed by atoms with Crippen LogP contribution in [0.3, 0.4) is 0 Å². The van der Waals surface area contributed by atoms with E-state index in [1.165, 1.54) is 88.2 Å². The summed E-state index contributed by atoms with van der Waals surface area (Å²) >= 11 is 0. The highest BCUT2D eigenvalue weighted by atomic mass is 16.5. The smallest absolute Gasteiger partial charge is 0.130 e. The molecule has 0 atom stereocenters. The summed E-state index contributed by atoms with van der Waals surface area (Å²) in [5.74, 6) is 2.66. The van der Waals surface area contributed by atoms with Gasteiger partial charge in [-0.25, -0.2) is 0 Å². The molecule has 3 aromatic rings. The first kappa shape index (κ1) is 31.6. The lowest BCUT2D eigenvalue weighted by molar-refractivity contribution is 0.303. The second-order valence-electron chi connectivity index (χ2n) is 10.9. The molecule has 3 heteroatoms. The SMILES string of the molecule is CCCCCCCCCCCCCOc1cc(OC)ccc1-c1ccc(-c2ccc(OCCCCC)cc2)cc1. The Balaban J connectivity index is 1.48. The van der Waals surface area contributed by atoms with Crippen LogP contribution in [-0.4, -0.2) is 20.3 Å². The molecule has 0 aliphatic carbocycles. The number of hydrogen-bond acceptors (Lipinski definition) is 3. The molecular weight excluding hydrogens is 492 g/mol. The summed E-state index contributed by atoms with van der Waals surface area (Å²) in [5.41, 5.74) is 4.64. The summed E-state index contributed by atoms with van der Waals surface area (Å²) in [6, 6.07) is 23.3. The fourth-order valence-electron chi connectivity index (χ4n) is 5.06. The van der Waals surface area contributed by atoms with Crippen LogP contribution >= 0.6 is 0 Å². The predicted octanol–water partition coefficient (Wildman–Crippen LogP) is 11.3. The number of unbranched alkanes of at least 4 members (excludes halogenated alkanes) is 12. The van der Waals surface area contributed by atoms with Gasteiger partial charge in [-0.05, 0) is 53.8 Å². The first-order valence-corrected chi connectivity index (χ1v) is 15.9. The molecule has 218 valence electrons. The summed E-state index contributed by atoms with van der Waals surface area (Å²) < 4.78 is 17.7. The summed E-state index contributed by atoms with van der Waals surface area (Å²) in [4.78, 5) is 0. The normalized spacial score (nSPS) is 11.0. The van der Waals surface area contributed by atoms with Gasteiger partial charge in [0.1, 0.15) is 17.2 Å². The Kier molecular flexibility index (Phi) is 15.2. The van der Waals surface area contributed by atoms with Crippen molar-refractivity contribution in [2.24, 2.45) is 0 Å². The Bertz CT molecular complexity index is 1060. The molecular formula is C37H52O3. The lowest BCUT2D eigenvalue weighted by Gasteiger charge is -2.14. The van der Waals surface area contributed by atoms with Crippen LogP contribution in [0.25, 0.3) is 22.3 Å². The van der Waals surface area contributed by atoms with Crippen LogP contribution < -0.4 is 14.2 Å². The van der Waals surface area contributed by atoms with Crippen molar-refractivity contribution in [3.63, 3.8) is 0 Å². The molecule has 3 aromatic carbocycles. The molecule has 0 aliphatic heterocycles. The minimum Gasteiger partial charge on any atom is -0.497 e. The average Bonchev–Trinajstić information content (AvgIpc) is 3.00. The highest BCUT2D eigenvalue weighted by molar-refractivity contribution is 5.75. The van der Waals surface area contributed by atoms with Crippen molar-refractivity contribution in [2.45, 2.75) is 104 Å². The zero-order valence-corrected chi connectivity index (χ0v) is 25.4. The van der Waals surface area contributed by atoms with Gasteiger partial charge in [0, 0.05) is 11.6 Å². The zero-order valence-electron chi connectivity index (χ0n) is 25.4. The molecule has 0 radical (unpaired) electrons. The van der Waals surface area contributed by atoms with Crippen LogP contribution in [0, 0.1) is 0 Å². The molecule has 40 heavy (non-hydrogen) atoms. The quantitative estimate of drug-likeness (QED) is 0.125. The number of benzene rings is 3. The van der Waals surface area contributed by atoms with Crippen LogP contribution in [-0.2, 0) is 0 Å². The van der Waals surface area contributed by atoms with Gasteiger partial charge in [-0.3, -0.25) is 0 Å². The monoisotopic (exact) mass is 544 g/mol. The highest BCUT2D eigenvalue weighted by Crippen LogP contribution is 2.35. The van der Waals surface area contributed by atoms with Crippen molar-refractivity contribution in [1.82, 2.24) is 0 Å². The third kappa shape index (κ3) is 11.3. The lowest BCUT2D eigenvalue weighted by atomic mass is 9.99. The molecule has 0 fully saturated rings. The maximum absolute atomic E-state index is 6.30. The van der Waals surface area contributed by atoms with Gasteiger partial charge in [0.05, 0.1) is 20.3 Å². The topological polar surface area (TPSA) is 27.7 Å². The van der Waals surface area contributed by atoms with Crippen molar-refractivity contribution >= 4 is 0 Å². The van der Waals surface area contributed by atoms with Gasteiger partial charge in [-0.15, -0.1) is 0 Å². The van der Waals surface area contributed by atoms with Gasteiger partial charge in [-0.2, -0.15) is 0 Å². The lowest BCUT2D eigenvalue weighted by Crippen LogP contribution is -1.99. The van der Waals surface area contributed by atoms with Crippen molar-refractivity contribution < 1.29 is 14.2 Å². The van der Waals surface area contributed by atoms with Crippen LogP contribution in [0.15, 0.2) is 66.7 Å². The van der Waals surface area contributed by atoms with Gasteiger partial charge in [0.25, 0.3) is 0 Å². The number of methoxy groups -OCH3 is 1. The fourth-order valence-corrected chi connectivity index (χ4v) is 5.06. The first-order valence-electron chi connectivity index (χ1n) is 15.9. The van der Waals surface area contributed by atoms with Crippen molar-refractivity contribution in [1.29, 1.82) is 0 Å². The van der Waals surface area contributed by atoms with E-state index < -0.39 is 0 Å².